The zero-order valence-corrected chi connectivity index (χ0v) is 20.1. The number of hydrogen-bond acceptors (Lipinski definition) is 6. The summed E-state index contributed by atoms with van der Waals surface area (Å²) in [5, 5.41) is 0.875. The van der Waals surface area contributed by atoms with Gasteiger partial charge in [0, 0.05) is 48.6 Å². The number of allylic oxidation sites excluding steroid dienone is 4. The molecule has 0 saturated heterocycles. The Bertz CT molecular complexity index is 1190. The van der Waals surface area contributed by atoms with E-state index in [0.29, 0.717) is 30.0 Å². The highest BCUT2D eigenvalue weighted by Gasteiger charge is 2.31. The minimum atomic E-state index is 0.00249. The Balaban J connectivity index is 1.36. The highest BCUT2D eigenvalue weighted by Crippen LogP contribution is 2.35. The quantitative estimate of drug-likeness (QED) is 0.541. The van der Waals surface area contributed by atoms with Gasteiger partial charge in [0.05, 0.1) is 22.7 Å². The van der Waals surface area contributed by atoms with Crippen molar-refractivity contribution in [3.63, 3.8) is 0 Å². The predicted molar refractivity (Wildman–Crippen MR) is 132 cm³/mol. The molecule has 1 unspecified atom stereocenters. The van der Waals surface area contributed by atoms with E-state index in [1.165, 1.54) is 35.3 Å². The van der Waals surface area contributed by atoms with E-state index in [4.69, 9.17) is 4.74 Å². The molecule has 3 aliphatic rings. The summed E-state index contributed by atoms with van der Waals surface area (Å²) >= 11 is 1.53. The molecule has 2 aromatic rings. The maximum Gasteiger partial charge on any atom is 0.274 e. The van der Waals surface area contributed by atoms with Gasteiger partial charge in [0.25, 0.3) is 5.91 Å². The number of pyridine rings is 1. The van der Waals surface area contributed by atoms with Crippen LogP contribution in [0.1, 0.15) is 41.7 Å². The average molecular weight is 461 g/mol. The van der Waals surface area contributed by atoms with Crippen LogP contribution in [0.25, 0.3) is 10.4 Å². The molecule has 1 saturated carbocycles. The topological polar surface area (TPSA) is 67.7 Å². The number of methoxy groups -OCH3 is 1. The molecule has 2 aromatic heterocycles. The van der Waals surface area contributed by atoms with Gasteiger partial charge in [-0.15, -0.1) is 11.3 Å². The Morgan fingerprint density at radius 1 is 1.30 bits per heavy atom. The van der Waals surface area contributed by atoms with Crippen molar-refractivity contribution < 1.29 is 9.53 Å². The molecule has 0 radical (unpaired) electrons. The van der Waals surface area contributed by atoms with E-state index in [0.717, 1.165) is 34.1 Å². The second-order valence-corrected chi connectivity index (χ2v) is 10.1. The molecule has 1 fully saturated rings. The smallest absolute Gasteiger partial charge is 0.274 e. The number of hydrogen-bond donors (Lipinski definition) is 0. The fraction of sp³-hybridized carbons (Fsp3) is 0.385. The maximum absolute atomic E-state index is 13.7. The Morgan fingerprint density at radius 3 is 2.88 bits per heavy atom. The van der Waals surface area contributed by atoms with Crippen molar-refractivity contribution in [3.8, 4) is 16.3 Å². The molecule has 170 valence electrons. The summed E-state index contributed by atoms with van der Waals surface area (Å²) in [7, 11) is 1.59. The Morgan fingerprint density at radius 2 is 2.15 bits per heavy atom. The molecule has 0 aromatic carbocycles. The number of nitrogens with zero attached hydrogens (tertiary/aromatic N) is 4. The molecule has 0 bridgehead atoms. The highest BCUT2D eigenvalue weighted by atomic mass is 32.1. The van der Waals surface area contributed by atoms with Crippen LogP contribution in [-0.4, -0.2) is 46.7 Å². The fourth-order valence-corrected chi connectivity index (χ4v) is 5.21. The third kappa shape index (κ3) is 4.55. The minimum Gasteiger partial charge on any atom is -0.481 e. The summed E-state index contributed by atoms with van der Waals surface area (Å²) in [6.45, 7) is 5.56. The maximum atomic E-state index is 13.7. The lowest BCUT2D eigenvalue weighted by Crippen LogP contribution is -2.34. The number of carbonyl (C=O) groups is 1. The van der Waals surface area contributed by atoms with E-state index in [-0.39, 0.29) is 5.91 Å². The largest absolute Gasteiger partial charge is 0.481 e. The summed E-state index contributed by atoms with van der Waals surface area (Å²) in [6.07, 6.45) is 13.3. The second kappa shape index (κ2) is 9.06. The first kappa shape index (κ1) is 21.8. The van der Waals surface area contributed by atoms with Crippen molar-refractivity contribution in [2.75, 3.05) is 20.2 Å². The number of aryl methyl sites for hydroxylation is 1. The summed E-state index contributed by atoms with van der Waals surface area (Å²) < 4.78 is 5.18. The van der Waals surface area contributed by atoms with Gasteiger partial charge in [0.2, 0.25) is 5.88 Å². The minimum absolute atomic E-state index is 0.00249. The van der Waals surface area contributed by atoms with Crippen molar-refractivity contribution in [3.05, 3.63) is 64.6 Å². The second-order valence-electron chi connectivity index (χ2n) is 8.87. The van der Waals surface area contributed by atoms with E-state index in [1.54, 1.807) is 13.3 Å². The van der Waals surface area contributed by atoms with Crippen LogP contribution >= 0.6 is 11.3 Å². The number of aromatic nitrogens is 2. The molecule has 33 heavy (non-hydrogen) atoms. The van der Waals surface area contributed by atoms with Gasteiger partial charge in [0.15, 0.2) is 0 Å². The van der Waals surface area contributed by atoms with Gasteiger partial charge in [-0.25, -0.2) is 9.97 Å². The van der Waals surface area contributed by atoms with Crippen LogP contribution in [0.3, 0.4) is 0 Å². The Labute approximate surface area is 198 Å². The molecule has 7 heteroatoms. The van der Waals surface area contributed by atoms with Crippen molar-refractivity contribution in [1.29, 1.82) is 0 Å². The number of carbonyl (C=O) groups excluding carboxylic acids is 1. The van der Waals surface area contributed by atoms with Crippen molar-refractivity contribution in [2.45, 2.75) is 33.1 Å². The van der Waals surface area contributed by atoms with Crippen LogP contribution in [0.15, 0.2) is 58.9 Å². The van der Waals surface area contributed by atoms with Crippen molar-refractivity contribution in [2.24, 2.45) is 16.8 Å². The Kier molecular flexibility index (Phi) is 5.98. The van der Waals surface area contributed by atoms with Gasteiger partial charge in [0.1, 0.15) is 5.69 Å². The van der Waals surface area contributed by atoms with Gasteiger partial charge in [-0.2, -0.15) is 0 Å². The van der Waals surface area contributed by atoms with E-state index < -0.39 is 0 Å². The van der Waals surface area contributed by atoms with Crippen LogP contribution in [0.4, 0.5) is 0 Å². The lowest BCUT2D eigenvalue weighted by atomic mass is 9.89. The summed E-state index contributed by atoms with van der Waals surface area (Å²) in [5.41, 5.74) is 4.98. The van der Waals surface area contributed by atoms with Crippen LogP contribution in [0.5, 0.6) is 5.88 Å². The first-order valence-corrected chi connectivity index (χ1v) is 12.3. The Hall–Kier alpha value is -3.06. The third-order valence-electron chi connectivity index (χ3n) is 6.33. The molecule has 0 N–H and O–H groups in total. The molecular formula is C26H28N4O2S. The van der Waals surface area contributed by atoms with Crippen LogP contribution in [0, 0.1) is 18.8 Å². The van der Waals surface area contributed by atoms with Crippen molar-refractivity contribution >= 4 is 23.0 Å². The molecule has 1 atom stereocenters. The van der Waals surface area contributed by atoms with Crippen LogP contribution in [0.2, 0.25) is 0 Å². The van der Waals surface area contributed by atoms with E-state index >= 15 is 0 Å². The molecule has 1 aliphatic heterocycles. The van der Waals surface area contributed by atoms with Crippen LogP contribution in [-0.2, 0) is 0 Å². The van der Waals surface area contributed by atoms with Crippen LogP contribution < -0.4 is 4.74 Å². The molecule has 6 nitrogen and oxygen atoms in total. The van der Waals surface area contributed by atoms with Crippen molar-refractivity contribution in [1.82, 2.24) is 14.9 Å². The third-order valence-corrected chi connectivity index (χ3v) is 7.35. The zero-order valence-electron chi connectivity index (χ0n) is 19.2. The number of ether oxygens (including phenoxy) is 1. The molecule has 0 spiro atoms. The lowest BCUT2D eigenvalue weighted by molar-refractivity contribution is 0.0745. The first-order chi connectivity index (χ1) is 16.0. The predicted octanol–water partition coefficient (Wildman–Crippen LogP) is 5.24. The van der Waals surface area contributed by atoms with E-state index in [2.05, 4.69) is 40.1 Å². The van der Waals surface area contributed by atoms with Gasteiger partial charge in [-0.05, 0) is 43.7 Å². The number of thiazole rings is 1. The summed E-state index contributed by atoms with van der Waals surface area (Å²) in [4.78, 5) is 30.2. The van der Waals surface area contributed by atoms with Gasteiger partial charge < -0.3 is 9.64 Å². The standard InChI is InChI=1S/C26H28N4O2S/c1-16-5-4-6-21-19(13-28-23(16)21)11-12-30(15-18-7-8-18)26(31)24-25(33-17(2)29-24)20-9-10-22(32-3)27-14-20/h4-6,9-10,13-14,16,18H,7-8,11-12,15H2,1-3H3. The average Bonchev–Trinajstić information content (AvgIpc) is 3.41. The lowest BCUT2D eigenvalue weighted by Gasteiger charge is -2.23. The number of amides is 1. The number of rotatable bonds is 8. The molecule has 3 heterocycles. The zero-order chi connectivity index (χ0) is 22.9. The summed E-state index contributed by atoms with van der Waals surface area (Å²) in [5.74, 6) is 1.49. The number of fused-ring (bicyclic) bond motifs is 1. The molecule has 1 amide bonds. The van der Waals surface area contributed by atoms with E-state index in [9.17, 15) is 4.79 Å². The normalized spacial score (nSPS) is 19.0. The SMILES string of the molecule is COc1ccc(-c2sc(C)nc2C(=O)N(CCC2=CN=C3C2=CC=CC3C)CC2CC2)cn1. The molecular weight excluding hydrogens is 432 g/mol. The monoisotopic (exact) mass is 460 g/mol. The van der Waals surface area contributed by atoms with Gasteiger partial charge in [-0.3, -0.25) is 9.79 Å². The fourth-order valence-electron chi connectivity index (χ4n) is 4.31. The highest BCUT2D eigenvalue weighted by molar-refractivity contribution is 7.15. The molecule has 5 rings (SSSR count). The number of aliphatic imine (C=N–C) groups is 1. The van der Waals surface area contributed by atoms with Gasteiger partial charge in [-0.1, -0.05) is 25.2 Å². The van der Waals surface area contributed by atoms with E-state index in [1.807, 2.05) is 30.2 Å². The molecule has 2 aliphatic carbocycles. The van der Waals surface area contributed by atoms with Gasteiger partial charge >= 0.3 is 0 Å². The first-order valence-electron chi connectivity index (χ1n) is 11.5. The summed E-state index contributed by atoms with van der Waals surface area (Å²) in [6, 6.07) is 3.76.